The van der Waals surface area contributed by atoms with Crippen molar-refractivity contribution >= 4 is 35.2 Å². The van der Waals surface area contributed by atoms with Crippen LogP contribution in [0.5, 0.6) is 5.75 Å². The number of phenolic OH excluding ortho intramolecular Hbond substituents is 1. The number of amides is 2. The molecule has 1 heterocycles. The van der Waals surface area contributed by atoms with Gasteiger partial charge in [-0.3, -0.25) is 20.4 Å². The van der Waals surface area contributed by atoms with Gasteiger partial charge in [-0.05, 0) is 48.5 Å². The summed E-state index contributed by atoms with van der Waals surface area (Å²) in [6.07, 6.45) is 0. The highest BCUT2D eigenvalue weighted by molar-refractivity contribution is 7.99. The van der Waals surface area contributed by atoms with Crippen LogP contribution < -0.4 is 10.9 Å². The zero-order chi connectivity index (χ0) is 20.1. The standard InChI is InChI=1S/C18H16ClN5O3S/c1-24-16(11-4-8-14(25)9-5-11)21-23-18(24)28-10-15(26)20-22-17(27)12-2-6-13(19)7-3-12/h2-9,25H,10H2,1H3,(H,20,26)(H,22,27). The van der Waals surface area contributed by atoms with Crippen molar-refractivity contribution in [1.82, 2.24) is 25.6 Å². The summed E-state index contributed by atoms with van der Waals surface area (Å²) in [5, 5.41) is 18.6. The van der Waals surface area contributed by atoms with Crippen LogP contribution in [-0.4, -0.2) is 37.4 Å². The number of nitrogens with one attached hydrogen (secondary N) is 2. The van der Waals surface area contributed by atoms with Gasteiger partial charge in [0.2, 0.25) is 5.91 Å². The molecule has 0 saturated carbocycles. The minimum absolute atomic E-state index is 0.0441. The minimum atomic E-state index is -0.441. The fourth-order valence-electron chi connectivity index (χ4n) is 2.27. The lowest BCUT2D eigenvalue weighted by atomic mass is 10.2. The van der Waals surface area contributed by atoms with Crippen molar-refractivity contribution < 1.29 is 14.7 Å². The van der Waals surface area contributed by atoms with Crippen LogP contribution in [0.3, 0.4) is 0 Å². The number of carbonyl (C=O) groups is 2. The molecule has 3 rings (SSSR count). The summed E-state index contributed by atoms with van der Waals surface area (Å²) in [5.41, 5.74) is 5.87. The summed E-state index contributed by atoms with van der Waals surface area (Å²) in [6.45, 7) is 0. The molecule has 0 unspecified atom stereocenters. The summed E-state index contributed by atoms with van der Waals surface area (Å²) in [5.74, 6) is -0.0100. The lowest BCUT2D eigenvalue weighted by Crippen LogP contribution is -2.42. The van der Waals surface area contributed by atoms with Gasteiger partial charge in [0.1, 0.15) is 5.75 Å². The average molecular weight is 418 g/mol. The molecule has 144 valence electrons. The SMILES string of the molecule is Cn1c(SCC(=O)NNC(=O)c2ccc(Cl)cc2)nnc1-c1ccc(O)cc1. The highest BCUT2D eigenvalue weighted by atomic mass is 35.5. The first-order chi connectivity index (χ1) is 13.4. The van der Waals surface area contributed by atoms with Gasteiger partial charge < -0.3 is 9.67 Å². The Hall–Kier alpha value is -3.04. The second-order valence-electron chi connectivity index (χ2n) is 5.71. The Morgan fingerprint density at radius 1 is 1.07 bits per heavy atom. The Morgan fingerprint density at radius 3 is 2.43 bits per heavy atom. The molecule has 28 heavy (non-hydrogen) atoms. The number of halogens is 1. The molecule has 2 amide bonds. The lowest BCUT2D eigenvalue weighted by molar-refractivity contribution is -0.119. The maximum atomic E-state index is 12.0. The molecule has 0 atom stereocenters. The third-order valence-corrected chi connectivity index (χ3v) is 4.99. The number of thioether (sulfide) groups is 1. The number of hydrogen-bond donors (Lipinski definition) is 3. The number of aromatic hydroxyl groups is 1. The van der Waals surface area contributed by atoms with Gasteiger partial charge in [-0.2, -0.15) is 0 Å². The third kappa shape index (κ3) is 4.81. The molecule has 10 heteroatoms. The Kier molecular flexibility index (Phi) is 6.17. The molecule has 0 saturated heterocycles. The van der Waals surface area contributed by atoms with Crippen molar-refractivity contribution in [2.45, 2.75) is 5.16 Å². The first-order valence-corrected chi connectivity index (χ1v) is 9.47. The summed E-state index contributed by atoms with van der Waals surface area (Å²) in [4.78, 5) is 23.9. The highest BCUT2D eigenvalue weighted by Gasteiger charge is 2.13. The van der Waals surface area contributed by atoms with E-state index < -0.39 is 5.91 Å². The molecular weight excluding hydrogens is 402 g/mol. The molecule has 0 aliphatic rings. The first kappa shape index (κ1) is 19.7. The van der Waals surface area contributed by atoms with Gasteiger partial charge in [-0.25, -0.2) is 0 Å². The molecule has 0 spiro atoms. The summed E-state index contributed by atoms with van der Waals surface area (Å²) < 4.78 is 1.75. The highest BCUT2D eigenvalue weighted by Crippen LogP contribution is 2.23. The summed E-state index contributed by atoms with van der Waals surface area (Å²) >= 11 is 6.96. The van der Waals surface area contributed by atoms with Crippen molar-refractivity contribution in [3.05, 3.63) is 59.1 Å². The van der Waals surface area contributed by atoms with E-state index >= 15 is 0 Å². The number of phenols is 1. The molecular formula is C18H16ClN5O3S. The molecule has 0 bridgehead atoms. The van der Waals surface area contributed by atoms with E-state index in [0.717, 1.165) is 5.56 Å². The van der Waals surface area contributed by atoms with Gasteiger partial charge >= 0.3 is 0 Å². The van der Waals surface area contributed by atoms with E-state index in [0.29, 0.717) is 21.6 Å². The van der Waals surface area contributed by atoms with E-state index in [2.05, 4.69) is 21.0 Å². The van der Waals surface area contributed by atoms with Crippen LogP contribution in [0.25, 0.3) is 11.4 Å². The molecule has 0 aliphatic heterocycles. The molecule has 1 aromatic heterocycles. The molecule has 0 aliphatic carbocycles. The van der Waals surface area contributed by atoms with Crippen LogP contribution in [0.15, 0.2) is 53.7 Å². The van der Waals surface area contributed by atoms with E-state index in [1.807, 2.05) is 0 Å². The van der Waals surface area contributed by atoms with Crippen molar-refractivity contribution in [3.8, 4) is 17.1 Å². The van der Waals surface area contributed by atoms with Gasteiger partial charge in [0, 0.05) is 23.2 Å². The van der Waals surface area contributed by atoms with E-state index in [1.165, 1.54) is 11.8 Å². The Labute approximate surface area is 169 Å². The predicted molar refractivity (Wildman–Crippen MR) is 106 cm³/mol. The zero-order valence-electron chi connectivity index (χ0n) is 14.7. The minimum Gasteiger partial charge on any atom is -0.508 e. The largest absolute Gasteiger partial charge is 0.508 e. The van der Waals surface area contributed by atoms with Crippen molar-refractivity contribution in [2.24, 2.45) is 7.05 Å². The zero-order valence-corrected chi connectivity index (χ0v) is 16.3. The van der Waals surface area contributed by atoms with E-state index in [9.17, 15) is 14.7 Å². The van der Waals surface area contributed by atoms with E-state index in [1.54, 1.807) is 60.1 Å². The van der Waals surface area contributed by atoms with Crippen LogP contribution in [-0.2, 0) is 11.8 Å². The fraction of sp³-hybridized carbons (Fsp3) is 0.111. The van der Waals surface area contributed by atoms with Crippen molar-refractivity contribution in [2.75, 3.05) is 5.75 Å². The summed E-state index contributed by atoms with van der Waals surface area (Å²) in [6, 6.07) is 12.9. The quantitative estimate of drug-likeness (QED) is 0.434. The van der Waals surface area contributed by atoms with Crippen LogP contribution in [0.2, 0.25) is 5.02 Å². The monoisotopic (exact) mass is 417 g/mol. The van der Waals surface area contributed by atoms with Gasteiger partial charge in [-0.1, -0.05) is 23.4 Å². The Bertz CT molecular complexity index is 989. The number of nitrogens with zero attached hydrogens (tertiary/aromatic N) is 3. The van der Waals surface area contributed by atoms with Gasteiger partial charge in [0.25, 0.3) is 5.91 Å². The smallest absolute Gasteiger partial charge is 0.269 e. The first-order valence-electron chi connectivity index (χ1n) is 8.10. The van der Waals surface area contributed by atoms with Crippen molar-refractivity contribution in [3.63, 3.8) is 0 Å². The number of hydrazine groups is 1. The lowest BCUT2D eigenvalue weighted by Gasteiger charge is -2.07. The van der Waals surface area contributed by atoms with Crippen LogP contribution >= 0.6 is 23.4 Å². The number of rotatable bonds is 5. The number of hydrogen-bond acceptors (Lipinski definition) is 6. The second-order valence-corrected chi connectivity index (χ2v) is 7.09. The average Bonchev–Trinajstić information content (AvgIpc) is 3.06. The van der Waals surface area contributed by atoms with Crippen molar-refractivity contribution in [1.29, 1.82) is 0 Å². The maximum absolute atomic E-state index is 12.0. The van der Waals surface area contributed by atoms with Crippen LogP contribution in [0.4, 0.5) is 0 Å². The number of benzene rings is 2. The van der Waals surface area contributed by atoms with Crippen LogP contribution in [0, 0.1) is 0 Å². The molecule has 0 radical (unpaired) electrons. The molecule has 8 nitrogen and oxygen atoms in total. The van der Waals surface area contributed by atoms with Gasteiger partial charge in [0.15, 0.2) is 11.0 Å². The topological polar surface area (TPSA) is 109 Å². The molecule has 3 aromatic rings. The van der Waals surface area contributed by atoms with E-state index in [-0.39, 0.29) is 17.4 Å². The number of carbonyl (C=O) groups excluding carboxylic acids is 2. The third-order valence-electron chi connectivity index (χ3n) is 3.71. The Morgan fingerprint density at radius 2 is 1.75 bits per heavy atom. The summed E-state index contributed by atoms with van der Waals surface area (Å²) in [7, 11) is 1.78. The fourth-order valence-corrected chi connectivity index (χ4v) is 3.11. The maximum Gasteiger partial charge on any atom is 0.269 e. The van der Waals surface area contributed by atoms with Gasteiger partial charge in [-0.15, -0.1) is 10.2 Å². The second kappa shape index (κ2) is 8.77. The molecule has 0 fully saturated rings. The van der Waals surface area contributed by atoms with Crippen LogP contribution in [0.1, 0.15) is 10.4 Å². The number of aromatic nitrogens is 3. The van der Waals surface area contributed by atoms with Gasteiger partial charge in [0.05, 0.1) is 5.75 Å². The Balaban J connectivity index is 1.53. The normalized spacial score (nSPS) is 10.5. The molecule has 2 aromatic carbocycles. The van der Waals surface area contributed by atoms with E-state index in [4.69, 9.17) is 11.6 Å². The predicted octanol–water partition coefficient (Wildman–Crippen LogP) is 2.39. The molecule has 3 N–H and O–H groups in total.